The molecular formula is C29H26F3N5O. The van der Waals surface area contributed by atoms with Gasteiger partial charge in [-0.05, 0) is 34.9 Å². The van der Waals surface area contributed by atoms with Crippen molar-refractivity contribution >= 4 is 17.5 Å². The highest BCUT2D eigenvalue weighted by Gasteiger charge is 2.30. The first-order valence-corrected chi connectivity index (χ1v) is 12.3. The first-order chi connectivity index (χ1) is 18.4. The molecule has 1 fully saturated rings. The lowest BCUT2D eigenvalue weighted by Crippen LogP contribution is -2.46. The van der Waals surface area contributed by atoms with Crippen LogP contribution in [0.25, 0.3) is 11.1 Å². The van der Waals surface area contributed by atoms with Crippen LogP contribution in [0.3, 0.4) is 0 Å². The molecule has 0 bridgehead atoms. The van der Waals surface area contributed by atoms with Crippen LogP contribution in [-0.2, 0) is 12.7 Å². The molecule has 0 atom stereocenters. The van der Waals surface area contributed by atoms with Gasteiger partial charge in [0.05, 0.1) is 23.6 Å². The quantitative estimate of drug-likeness (QED) is 0.354. The summed E-state index contributed by atoms with van der Waals surface area (Å²) in [5.74, 6) is 0.207. The Morgan fingerprint density at radius 3 is 2.11 bits per heavy atom. The summed E-state index contributed by atoms with van der Waals surface area (Å²) in [6.45, 7) is 4.32. The number of nitrogens with one attached hydrogen (secondary N) is 1. The van der Waals surface area contributed by atoms with Crippen molar-refractivity contribution in [3.63, 3.8) is 0 Å². The second-order valence-corrected chi connectivity index (χ2v) is 9.10. The van der Waals surface area contributed by atoms with Crippen molar-refractivity contribution in [2.45, 2.75) is 12.7 Å². The fraction of sp³-hybridized carbons (Fsp3) is 0.207. The average Bonchev–Trinajstić information content (AvgIpc) is 2.94. The summed E-state index contributed by atoms with van der Waals surface area (Å²) in [5.41, 5.74) is 2.37. The lowest BCUT2D eigenvalue weighted by atomic mass is 9.98. The van der Waals surface area contributed by atoms with Crippen LogP contribution in [0.5, 0.6) is 0 Å². The molecule has 3 aromatic carbocycles. The highest BCUT2D eigenvalue weighted by molar-refractivity contribution is 6.08. The predicted octanol–water partition coefficient (Wildman–Crippen LogP) is 5.74. The van der Waals surface area contributed by atoms with Crippen LogP contribution in [-0.4, -0.2) is 47.0 Å². The van der Waals surface area contributed by atoms with Crippen LogP contribution in [0.4, 0.5) is 24.8 Å². The summed E-state index contributed by atoms with van der Waals surface area (Å²) >= 11 is 0. The maximum Gasteiger partial charge on any atom is 0.416 e. The Morgan fingerprint density at radius 2 is 1.45 bits per heavy atom. The average molecular weight is 518 g/mol. The maximum atomic E-state index is 13.0. The Kier molecular flexibility index (Phi) is 7.37. The Morgan fingerprint density at radius 1 is 0.816 bits per heavy atom. The van der Waals surface area contributed by atoms with Crippen LogP contribution in [0, 0.1) is 0 Å². The highest BCUT2D eigenvalue weighted by Crippen LogP contribution is 2.32. The van der Waals surface area contributed by atoms with E-state index >= 15 is 0 Å². The third-order valence-electron chi connectivity index (χ3n) is 6.50. The number of hydrogen-bond donors (Lipinski definition) is 1. The van der Waals surface area contributed by atoms with Crippen molar-refractivity contribution in [3.8, 4) is 11.1 Å². The van der Waals surface area contributed by atoms with Gasteiger partial charge in [-0.1, -0.05) is 60.7 Å². The Hall–Kier alpha value is -4.24. The summed E-state index contributed by atoms with van der Waals surface area (Å²) in [6.07, 6.45) is -1.29. The fourth-order valence-electron chi connectivity index (χ4n) is 4.47. The summed E-state index contributed by atoms with van der Waals surface area (Å²) < 4.78 is 38.8. The summed E-state index contributed by atoms with van der Waals surface area (Å²) in [6, 6.07) is 21.9. The lowest BCUT2D eigenvalue weighted by Gasteiger charge is -2.34. The van der Waals surface area contributed by atoms with Gasteiger partial charge in [0.1, 0.15) is 0 Å². The van der Waals surface area contributed by atoms with E-state index < -0.39 is 17.6 Å². The van der Waals surface area contributed by atoms with Crippen LogP contribution < -0.4 is 10.2 Å². The van der Waals surface area contributed by atoms with E-state index in [-0.39, 0.29) is 0 Å². The zero-order valence-corrected chi connectivity index (χ0v) is 20.5. The van der Waals surface area contributed by atoms with Gasteiger partial charge in [0.15, 0.2) is 0 Å². The van der Waals surface area contributed by atoms with Gasteiger partial charge in [0.2, 0.25) is 5.95 Å². The van der Waals surface area contributed by atoms with Crippen LogP contribution in [0.1, 0.15) is 21.5 Å². The van der Waals surface area contributed by atoms with Crippen molar-refractivity contribution in [2.75, 3.05) is 36.4 Å². The molecule has 1 N–H and O–H groups in total. The van der Waals surface area contributed by atoms with Crippen molar-refractivity contribution in [2.24, 2.45) is 0 Å². The second-order valence-electron chi connectivity index (χ2n) is 9.10. The largest absolute Gasteiger partial charge is 0.416 e. The normalized spacial score (nSPS) is 14.3. The molecule has 2 heterocycles. The van der Waals surface area contributed by atoms with E-state index in [4.69, 9.17) is 0 Å². The number of amides is 1. The molecule has 38 heavy (non-hydrogen) atoms. The maximum absolute atomic E-state index is 13.0. The molecule has 1 saturated heterocycles. The SMILES string of the molecule is O=C(Nc1cnc(N2CCN(Cc3ccccc3)CC2)nc1)c1ccccc1-c1ccc(C(F)(F)F)cc1. The third-order valence-corrected chi connectivity index (χ3v) is 6.50. The molecule has 1 aliphatic rings. The molecule has 0 spiro atoms. The predicted molar refractivity (Wildman–Crippen MR) is 141 cm³/mol. The number of rotatable bonds is 6. The van der Waals surface area contributed by atoms with Crippen molar-refractivity contribution in [1.82, 2.24) is 14.9 Å². The van der Waals surface area contributed by atoms with Crippen molar-refractivity contribution < 1.29 is 18.0 Å². The van der Waals surface area contributed by atoms with E-state index in [0.717, 1.165) is 44.9 Å². The lowest BCUT2D eigenvalue weighted by molar-refractivity contribution is -0.137. The molecule has 1 amide bonds. The number of halogens is 3. The second kappa shape index (κ2) is 11.0. The molecule has 4 aromatic rings. The molecule has 6 nitrogen and oxygen atoms in total. The van der Waals surface area contributed by atoms with E-state index in [1.54, 1.807) is 36.7 Å². The zero-order chi connectivity index (χ0) is 26.5. The van der Waals surface area contributed by atoms with E-state index in [1.165, 1.54) is 17.7 Å². The Labute approximate surface area is 218 Å². The van der Waals surface area contributed by atoms with E-state index in [9.17, 15) is 18.0 Å². The smallest absolute Gasteiger partial charge is 0.338 e. The van der Waals surface area contributed by atoms with E-state index in [0.29, 0.717) is 28.3 Å². The van der Waals surface area contributed by atoms with Gasteiger partial charge in [-0.15, -0.1) is 0 Å². The van der Waals surface area contributed by atoms with Crippen LogP contribution in [0.2, 0.25) is 0 Å². The van der Waals surface area contributed by atoms with Crippen molar-refractivity contribution in [1.29, 1.82) is 0 Å². The topological polar surface area (TPSA) is 61.4 Å². The monoisotopic (exact) mass is 517 g/mol. The number of carbonyl (C=O) groups excluding carboxylic acids is 1. The molecular weight excluding hydrogens is 491 g/mol. The number of alkyl halides is 3. The zero-order valence-electron chi connectivity index (χ0n) is 20.5. The molecule has 0 aliphatic carbocycles. The number of anilines is 2. The molecule has 1 aromatic heterocycles. The third kappa shape index (κ3) is 6.00. The molecule has 194 valence electrons. The van der Waals surface area contributed by atoms with Gasteiger partial charge in [0, 0.05) is 38.3 Å². The summed E-state index contributed by atoms with van der Waals surface area (Å²) in [4.78, 5) is 26.5. The first kappa shape index (κ1) is 25.4. The minimum absolute atomic E-state index is 0.339. The van der Waals surface area contributed by atoms with Crippen LogP contribution in [0.15, 0.2) is 91.3 Å². The summed E-state index contributed by atoms with van der Waals surface area (Å²) in [7, 11) is 0. The number of hydrogen-bond acceptors (Lipinski definition) is 5. The molecule has 5 rings (SSSR count). The van der Waals surface area contributed by atoms with E-state index in [2.05, 4.69) is 37.2 Å². The van der Waals surface area contributed by atoms with Gasteiger partial charge in [0.25, 0.3) is 5.91 Å². The number of benzene rings is 3. The molecule has 0 unspecified atom stereocenters. The highest BCUT2D eigenvalue weighted by atomic mass is 19.4. The minimum Gasteiger partial charge on any atom is -0.338 e. The van der Waals surface area contributed by atoms with Gasteiger partial charge in [-0.3, -0.25) is 9.69 Å². The van der Waals surface area contributed by atoms with Crippen LogP contribution >= 0.6 is 0 Å². The Balaban J connectivity index is 1.21. The molecule has 0 radical (unpaired) electrons. The van der Waals surface area contributed by atoms with Gasteiger partial charge in [-0.2, -0.15) is 13.2 Å². The number of aromatic nitrogens is 2. The standard InChI is InChI=1S/C29H26F3N5O/c30-29(31,32)23-12-10-22(11-13-23)25-8-4-5-9-26(25)27(38)35-24-18-33-28(34-19-24)37-16-14-36(15-17-37)20-21-6-2-1-3-7-21/h1-13,18-19H,14-17,20H2,(H,35,38). The Bertz CT molecular complexity index is 1370. The molecule has 9 heteroatoms. The van der Waals surface area contributed by atoms with Gasteiger partial charge < -0.3 is 10.2 Å². The minimum atomic E-state index is -4.42. The first-order valence-electron chi connectivity index (χ1n) is 12.3. The fourth-order valence-corrected chi connectivity index (χ4v) is 4.47. The molecule has 1 aliphatic heterocycles. The number of carbonyl (C=O) groups is 1. The number of piperazine rings is 1. The number of nitrogens with zero attached hydrogens (tertiary/aromatic N) is 4. The van der Waals surface area contributed by atoms with Gasteiger partial charge in [-0.25, -0.2) is 9.97 Å². The van der Waals surface area contributed by atoms with E-state index in [1.807, 2.05) is 18.2 Å². The van der Waals surface area contributed by atoms with Gasteiger partial charge >= 0.3 is 6.18 Å². The molecule has 0 saturated carbocycles. The summed E-state index contributed by atoms with van der Waals surface area (Å²) in [5, 5.41) is 2.80. The van der Waals surface area contributed by atoms with Crippen molar-refractivity contribution in [3.05, 3.63) is 108 Å².